The molecule has 0 saturated carbocycles. The lowest BCUT2D eigenvalue weighted by molar-refractivity contribution is -0.124. The number of anilines is 1. The van der Waals surface area contributed by atoms with Crippen LogP contribution in [0.4, 0.5) is 10.1 Å². The summed E-state index contributed by atoms with van der Waals surface area (Å²) in [5.41, 5.74) is 1.28. The summed E-state index contributed by atoms with van der Waals surface area (Å²) in [5.74, 6) is -0.212. The first-order chi connectivity index (χ1) is 12.6. The van der Waals surface area contributed by atoms with E-state index in [9.17, 15) is 14.0 Å². The number of rotatable bonds is 3. The third kappa shape index (κ3) is 3.23. The van der Waals surface area contributed by atoms with Crippen LogP contribution < -0.4 is 10.7 Å². The van der Waals surface area contributed by atoms with E-state index in [4.69, 9.17) is 9.15 Å². The summed E-state index contributed by atoms with van der Waals surface area (Å²) < 4.78 is 24.2. The molecule has 2 heterocycles. The fourth-order valence-electron chi connectivity index (χ4n) is 3.00. The number of nitrogens with one attached hydrogen (secondary N) is 1. The van der Waals surface area contributed by atoms with Crippen LogP contribution in [0.25, 0.3) is 22.3 Å². The van der Waals surface area contributed by atoms with Crippen molar-refractivity contribution in [2.45, 2.75) is 18.9 Å². The Morgan fingerprint density at radius 1 is 1.12 bits per heavy atom. The fraction of sp³-hybridized carbons (Fsp3) is 0.200. The third-order valence-corrected chi connectivity index (χ3v) is 4.35. The number of carbonyl (C=O) groups excluding carboxylic acids is 1. The molecule has 5 nitrogen and oxygen atoms in total. The van der Waals surface area contributed by atoms with Gasteiger partial charge in [0.05, 0.1) is 5.39 Å². The van der Waals surface area contributed by atoms with E-state index in [0.29, 0.717) is 41.0 Å². The van der Waals surface area contributed by atoms with E-state index in [1.165, 1.54) is 18.2 Å². The van der Waals surface area contributed by atoms with E-state index in [-0.39, 0.29) is 17.2 Å². The van der Waals surface area contributed by atoms with Gasteiger partial charge >= 0.3 is 0 Å². The number of carbonyl (C=O) groups is 1. The Kier molecular flexibility index (Phi) is 4.26. The Hall–Kier alpha value is -2.99. The molecule has 132 valence electrons. The van der Waals surface area contributed by atoms with Crippen LogP contribution >= 0.6 is 0 Å². The highest BCUT2D eigenvalue weighted by Gasteiger charge is 2.23. The second-order valence-electron chi connectivity index (χ2n) is 6.18. The molecule has 1 aliphatic heterocycles. The van der Waals surface area contributed by atoms with Gasteiger partial charge in [-0.1, -0.05) is 0 Å². The summed E-state index contributed by atoms with van der Waals surface area (Å²) in [7, 11) is 0. The molecular weight excluding hydrogens is 337 g/mol. The number of halogens is 1. The molecule has 6 heteroatoms. The van der Waals surface area contributed by atoms with E-state index >= 15 is 0 Å². The second-order valence-corrected chi connectivity index (χ2v) is 6.18. The Labute approximate surface area is 148 Å². The Morgan fingerprint density at radius 3 is 2.65 bits per heavy atom. The van der Waals surface area contributed by atoms with Gasteiger partial charge < -0.3 is 14.5 Å². The first-order valence-electron chi connectivity index (χ1n) is 8.36. The van der Waals surface area contributed by atoms with Crippen molar-refractivity contribution in [2.24, 2.45) is 0 Å². The molecule has 1 fully saturated rings. The van der Waals surface area contributed by atoms with Gasteiger partial charge in [-0.2, -0.15) is 0 Å². The van der Waals surface area contributed by atoms with E-state index in [2.05, 4.69) is 5.32 Å². The number of amides is 1. The topological polar surface area (TPSA) is 68.5 Å². The monoisotopic (exact) mass is 353 g/mol. The smallest absolute Gasteiger partial charge is 0.253 e. The number of hydrogen-bond donors (Lipinski definition) is 1. The van der Waals surface area contributed by atoms with Crippen molar-refractivity contribution >= 4 is 22.6 Å². The summed E-state index contributed by atoms with van der Waals surface area (Å²) in [4.78, 5) is 24.6. The molecule has 26 heavy (non-hydrogen) atoms. The average molecular weight is 353 g/mol. The first kappa shape index (κ1) is 16.5. The van der Waals surface area contributed by atoms with Crippen LogP contribution in [0.1, 0.15) is 12.8 Å². The number of ether oxygens (including phenoxy) is 1. The van der Waals surface area contributed by atoms with Crippen LogP contribution in [-0.4, -0.2) is 18.6 Å². The van der Waals surface area contributed by atoms with Gasteiger partial charge in [-0.05, 0) is 55.3 Å². The molecule has 1 N–H and O–H groups in total. The van der Waals surface area contributed by atoms with Crippen molar-refractivity contribution in [1.29, 1.82) is 0 Å². The molecule has 4 rings (SSSR count). The van der Waals surface area contributed by atoms with Gasteiger partial charge in [-0.25, -0.2) is 4.39 Å². The van der Waals surface area contributed by atoms with Crippen molar-refractivity contribution < 1.29 is 18.3 Å². The van der Waals surface area contributed by atoms with Crippen LogP contribution in [0.2, 0.25) is 0 Å². The summed E-state index contributed by atoms with van der Waals surface area (Å²) in [6.07, 6.45) is 1.12. The SMILES string of the molecule is O=C(Nc1ccc2oc(-c3ccc(F)cc3)cc(=O)c2c1)C1CCCO1. The van der Waals surface area contributed by atoms with Crippen LogP contribution in [0.3, 0.4) is 0 Å². The van der Waals surface area contributed by atoms with E-state index in [1.54, 1.807) is 30.3 Å². The molecule has 1 aromatic heterocycles. The Bertz CT molecular complexity index is 1020. The molecule has 1 atom stereocenters. The lowest BCUT2D eigenvalue weighted by Gasteiger charge is -2.11. The molecule has 1 saturated heterocycles. The predicted molar refractivity (Wildman–Crippen MR) is 95.5 cm³/mol. The molecule has 3 aromatic rings. The van der Waals surface area contributed by atoms with Crippen molar-refractivity contribution in [3.8, 4) is 11.3 Å². The number of benzene rings is 2. The normalized spacial score (nSPS) is 16.7. The van der Waals surface area contributed by atoms with Crippen LogP contribution in [0.15, 0.2) is 57.7 Å². The maximum Gasteiger partial charge on any atom is 0.253 e. The van der Waals surface area contributed by atoms with Crippen molar-refractivity contribution in [1.82, 2.24) is 0 Å². The highest BCUT2D eigenvalue weighted by atomic mass is 19.1. The maximum atomic E-state index is 13.1. The highest BCUT2D eigenvalue weighted by molar-refractivity contribution is 5.96. The average Bonchev–Trinajstić information content (AvgIpc) is 3.17. The maximum absolute atomic E-state index is 13.1. The van der Waals surface area contributed by atoms with Crippen LogP contribution in [-0.2, 0) is 9.53 Å². The Balaban J connectivity index is 1.65. The highest BCUT2D eigenvalue weighted by Crippen LogP contribution is 2.24. The van der Waals surface area contributed by atoms with Gasteiger partial charge in [0.2, 0.25) is 0 Å². The first-order valence-corrected chi connectivity index (χ1v) is 8.36. The standard InChI is InChI=1S/C20H16FNO4/c21-13-5-3-12(4-6-13)19-11-16(23)15-10-14(7-8-17(15)26-19)22-20(24)18-2-1-9-25-18/h3-8,10-11,18H,1-2,9H2,(H,22,24). The summed E-state index contributed by atoms with van der Waals surface area (Å²) >= 11 is 0. The van der Waals surface area contributed by atoms with Gasteiger partial charge in [-0.15, -0.1) is 0 Å². The molecule has 0 bridgehead atoms. The van der Waals surface area contributed by atoms with Crippen molar-refractivity contribution in [3.63, 3.8) is 0 Å². The Morgan fingerprint density at radius 2 is 1.92 bits per heavy atom. The molecule has 1 unspecified atom stereocenters. The van der Waals surface area contributed by atoms with Crippen LogP contribution in [0.5, 0.6) is 0 Å². The minimum absolute atomic E-state index is 0.214. The molecule has 1 amide bonds. The quantitative estimate of drug-likeness (QED) is 0.779. The van der Waals surface area contributed by atoms with Gasteiger partial charge in [0, 0.05) is 23.9 Å². The van der Waals surface area contributed by atoms with E-state index < -0.39 is 6.10 Å². The van der Waals surface area contributed by atoms with E-state index in [1.807, 2.05) is 0 Å². The number of hydrogen-bond acceptors (Lipinski definition) is 4. The van der Waals surface area contributed by atoms with Crippen molar-refractivity contribution in [2.75, 3.05) is 11.9 Å². The molecule has 0 aliphatic carbocycles. The molecule has 0 radical (unpaired) electrons. The zero-order chi connectivity index (χ0) is 18.1. The van der Waals surface area contributed by atoms with Crippen molar-refractivity contribution in [3.05, 3.63) is 64.6 Å². The fourth-order valence-corrected chi connectivity index (χ4v) is 3.00. The lowest BCUT2D eigenvalue weighted by Crippen LogP contribution is -2.26. The molecule has 1 aliphatic rings. The zero-order valence-electron chi connectivity index (χ0n) is 13.8. The largest absolute Gasteiger partial charge is 0.456 e. The molecule has 2 aromatic carbocycles. The predicted octanol–water partition coefficient (Wildman–Crippen LogP) is 3.72. The van der Waals surface area contributed by atoms with Gasteiger partial charge in [-0.3, -0.25) is 9.59 Å². The van der Waals surface area contributed by atoms with E-state index in [0.717, 1.165) is 6.42 Å². The van der Waals surface area contributed by atoms with Gasteiger partial charge in [0.25, 0.3) is 5.91 Å². The molecule has 0 spiro atoms. The summed E-state index contributed by atoms with van der Waals surface area (Å²) in [6.45, 7) is 0.589. The third-order valence-electron chi connectivity index (χ3n) is 4.35. The van der Waals surface area contributed by atoms with Crippen LogP contribution in [0, 0.1) is 5.82 Å². The minimum atomic E-state index is -0.442. The minimum Gasteiger partial charge on any atom is -0.456 e. The number of fused-ring (bicyclic) bond motifs is 1. The zero-order valence-corrected chi connectivity index (χ0v) is 13.8. The second kappa shape index (κ2) is 6.72. The summed E-state index contributed by atoms with van der Waals surface area (Å²) in [5, 5.41) is 3.13. The van der Waals surface area contributed by atoms with Gasteiger partial charge in [0.1, 0.15) is 23.3 Å². The molecular formula is C20H16FNO4. The lowest BCUT2D eigenvalue weighted by atomic mass is 10.1. The summed E-state index contributed by atoms with van der Waals surface area (Å²) in [6, 6.07) is 12.0. The van der Waals surface area contributed by atoms with Gasteiger partial charge in [0.15, 0.2) is 5.43 Å².